The predicted octanol–water partition coefficient (Wildman–Crippen LogP) is 1.60. The Morgan fingerprint density at radius 1 is 1.19 bits per heavy atom. The van der Waals surface area contributed by atoms with Gasteiger partial charge in [0.15, 0.2) is 5.82 Å². The molecule has 138 valence electrons. The van der Waals surface area contributed by atoms with E-state index < -0.39 is 0 Å². The van der Waals surface area contributed by atoms with Gasteiger partial charge >= 0.3 is 0 Å². The number of nitrogens with zero attached hydrogens (tertiary/aromatic N) is 8. The molecule has 0 amide bonds. The third-order valence-corrected chi connectivity index (χ3v) is 5.62. The summed E-state index contributed by atoms with van der Waals surface area (Å²) in [5.74, 6) is 1.72. The second-order valence-electron chi connectivity index (χ2n) is 6.58. The summed E-state index contributed by atoms with van der Waals surface area (Å²) in [6.07, 6.45) is 5.55. The molecule has 10 heteroatoms. The Labute approximate surface area is 159 Å². The van der Waals surface area contributed by atoms with E-state index in [0.29, 0.717) is 0 Å². The van der Waals surface area contributed by atoms with Crippen LogP contribution in [0.25, 0.3) is 16.2 Å². The molecule has 1 N–H and O–H groups in total. The van der Waals surface area contributed by atoms with Gasteiger partial charge in [0, 0.05) is 44.1 Å². The Morgan fingerprint density at radius 3 is 2.78 bits per heavy atom. The van der Waals surface area contributed by atoms with E-state index in [-0.39, 0.29) is 0 Å². The molecule has 4 aromatic rings. The number of fused-ring (bicyclic) bond motifs is 1. The van der Waals surface area contributed by atoms with E-state index in [1.165, 1.54) is 0 Å². The number of H-pyrrole nitrogens is 1. The second kappa shape index (κ2) is 6.71. The van der Waals surface area contributed by atoms with Crippen LogP contribution < -0.4 is 4.90 Å². The quantitative estimate of drug-likeness (QED) is 0.574. The second-order valence-corrected chi connectivity index (χ2v) is 7.51. The maximum absolute atomic E-state index is 4.72. The van der Waals surface area contributed by atoms with E-state index in [4.69, 9.17) is 10.1 Å². The number of anilines is 1. The normalized spacial score (nSPS) is 15.7. The Morgan fingerprint density at radius 2 is 2.07 bits per heavy atom. The van der Waals surface area contributed by atoms with Crippen LogP contribution in [-0.2, 0) is 6.54 Å². The van der Waals surface area contributed by atoms with Crippen molar-refractivity contribution in [3.05, 3.63) is 42.4 Å². The lowest BCUT2D eigenvalue weighted by molar-refractivity contribution is 0.244. The fourth-order valence-electron chi connectivity index (χ4n) is 3.23. The van der Waals surface area contributed by atoms with Crippen molar-refractivity contribution < 1.29 is 0 Å². The molecule has 1 aliphatic heterocycles. The summed E-state index contributed by atoms with van der Waals surface area (Å²) in [7, 11) is 0. The maximum Gasteiger partial charge on any atom is 0.214 e. The molecule has 27 heavy (non-hydrogen) atoms. The van der Waals surface area contributed by atoms with Crippen molar-refractivity contribution in [2.45, 2.75) is 13.5 Å². The average molecular weight is 381 g/mol. The molecule has 4 aromatic heterocycles. The standard InChI is InChI=1S/C17H19N9S/c1-12-19-15(22-21-12)11-24-5-7-25(8-6-24)17-23-26-10-14(20-16(26)27-17)13-3-2-4-18-9-13/h2-4,9-10H,5-8,11H2,1H3,(H,19,21,22). The van der Waals surface area contributed by atoms with Gasteiger partial charge in [-0.15, -0.1) is 5.10 Å². The van der Waals surface area contributed by atoms with Gasteiger partial charge in [-0.3, -0.25) is 15.0 Å². The van der Waals surface area contributed by atoms with Gasteiger partial charge in [0.05, 0.1) is 18.4 Å². The first kappa shape index (κ1) is 16.3. The first-order valence-corrected chi connectivity index (χ1v) is 9.68. The Hall–Kier alpha value is -2.85. The van der Waals surface area contributed by atoms with Crippen LogP contribution in [0.1, 0.15) is 11.6 Å². The molecule has 0 unspecified atom stereocenters. The SMILES string of the molecule is Cc1nc(CN2CCN(c3nn4cc(-c5cccnc5)nc4s3)CC2)n[nH]1. The monoisotopic (exact) mass is 381 g/mol. The van der Waals surface area contributed by atoms with Crippen molar-refractivity contribution >= 4 is 21.4 Å². The number of aromatic nitrogens is 7. The highest BCUT2D eigenvalue weighted by molar-refractivity contribution is 7.20. The van der Waals surface area contributed by atoms with Crippen molar-refractivity contribution in [3.63, 3.8) is 0 Å². The van der Waals surface area contributed by atoms with Gasteiger partial charge in [-0.2, -0.15) is 5.10 Å². The Balaban J connectivity index is 1.26. The third kappa shape index (κ3) is 3.28. The number of piperazine rings is 1. The van der Waals surface area contributed by atoms with Crippen LogP contribution in [0.3, 0.4) is 0 Å². The van der Waals surface area contributed by atoms with Crippen molar-refractivity contribution in [1.82, 2.24) is 39.7 Å². The first-order chi connectivity index (χ1) is 13.2. The zero-order valence-corrected chi connectivity index (χ0v) is 15.7. The fourth-order valence-corrected chi connectivity index (χ4v) is 4.16. The number of nitrogens with one attached hydrogen (secondary N) is 1. The minimum Gasteiger partial charge on any atom is -0.344 e. The number of imidazole rings is 1. The minimum absolute atomic E-state index is 0.786. The van der Waals surface area contributed by atoms with E-state index in [0.717, 1.165) is 65.7 Å². The highest BCUT2D eigenvalue weighted by Crippen LogP contribution is 2.27. The Kier molecular flexibility index (Phi) is 4.06. The molecule has 1 fully saturated rings. The molecular formula is C17H19N9S. The molecule has 0 aromatic carbocycles. The topological polar surface area (TPSA) is 91.1 Å². The van der Waals surface area contributed by atoms with Crippen LogP contribution in [0.5, 0.6) is 0 Å². The number of aromatic amines is 1. The van der Waals surface area contributed by atoms with Gasteiger partial charge in [-0.1, -0.05) is 11.3 Å². The molecule has 1 saturated heterocycles. The molecule has 0 spiro atoms. The minimum atomic E-state index is 0.786. The summed E-state index contributed by atoms with van der Waals surface area (Å²) in [5, 5.41) is 12.9. The molecule has 0 radical (unpaired) electrons. The molecule has 0 saturated carbocycles. The lowest BCUT2D eigenvalue weighted by Gasteiger charge is -2.33. The van der Waals surface area contributed by atoms with Crippen molar-refractivity contribution in [3.8, 4) is 11.3 Å². The molecule has 9 nitrogen and oxygen atoms in total. The highest BCUT2D eigenvalue weighted by atomic mass is 32.1. The summed E-state index contributed by atoms with van der Waals surface area (Å²) >= 11 is 1.63. The van der Waals surface area contributed by atoms with E-state index >= 15 is 0 Å². The van der Waals surface area contributed by atoms with E-state index in [9.17, 15) is 0 Å². The van der Waals surface area contributed by atoms with Gasteiger partial charge in [-0.05, 0) is 19.1 Å². The van der Waals surface area contributed by atoms with Crippen LogP contribution in [0.15, 0.2) is 30.7 Å². The average Bonchev–Trinajstić information content (AvgIpc) is 3.38. The highest BCUT2D eigenvalue weighted by Gasteiger charge is 2.21. The summed E-state index contributed by atoms with van der Waals surface area (Å²) in [6, 6.07) is 3.93. The van der Waals surface area contributed by atoms with Gasteiger partial charge in [0.1, 0.15) is 5.82 Å². The lowest BCUT2D eigenvalue weighted by Crippen LogP contribution is -2.46. The maximum atomic E-state index is 4.72. The van der Waals surface area contributed by atoms with Crippen LogP contribution in [0, 0.1) is 6.92 Å². The lowest BCUT2D eigenvalue weighted by atomic mass is 10.2. The van der Waals surface area contributed by atoms with Crippen LogP contribution in [0.2, 0.25) is 0 Å². The van der Waals surface area contributed by atoms with Crippen molar-refractivity contribution in [2.24, 2.45) is 0 Å². The van der Waals surface area contributed by atoms with Gasteiger partial charge < -0.3 is 4.90 Å². The van der Waals surface area contributed by atoms with E-state index in [1.807, 2.05) is 36.0 Å². The van der Waals surface area contributed by atoms with E-state index in [1.54, 1.807) is 17.5 Å². The van der Waals surface area contributed by atoms with Gasteiger partial charge in [0.25, 0.3) is 0 Å². The van der Waals surface area contributed by atoms with Crippen LogP contribution in [0.4, 0.5) is 5.13 Å². The summed E-state index contributed by atoms with van der Waals surface area (Å²) in [5.41, 5.74) is 1.91. The molecule has 0 bridgehead atoms. The third-order valence-electron chi connectivity index (χ3n) is 4.64. The first-order valence-electron chi connectivity index (χ1n) is 8.86. The number of pyridine rings is 1. The van der Waals surface area contributed by atoms with Crippen molar-refractivity contribution in [2.75, 3.05) is 31.1 Å². The summed E-state index contributed by atoms with van der Waals surface area (Å²) in [6.45, 7) is 6.53. The van der Waals surface area contributed by atoms with E-state index in [2.05, 4.69) is 30.0 Å². The molecule has 1 aliphatic rings. The molecule has 0 aliphatic carbocycles. The van der Waals surface area contributed by atoms with Crippen molar-refractivity contribution in [1.29, 1.82) is 0 Å². The molecule has 5 rings (SSSR count). The van der Waals surface area contributed by atoms with Gasteiger partial charge in [0.2, 0.25) is 10.1 Å². The number of hydrogen-bond donors (Lipinski definition) is 1. The zero-order chi connectivity index (χ0) is 18.2. The molecular weight excluding hydrogens is 362 g/mol. The fraction of sp³-hybridized carbons (Fsp3) is 0.353. The summed E-state index contributed by atoms with van der Waals surface area (Å²) < 4.78 is 1.87. The number of rotatable bonds is 4. The Bertz CT molecular complexity index is 1010. The predicted molar refractivity (Wildman–Crippen MR) is 103 cm³/mol. The summed E-state index contributed by atoms with van der Waals surface area (Å²) in [4.78, 5) is 18.8. The zero-order valence-electron chi connectivity index (χ0n) is 14.9. The molecule has 5 heterocycles. The largest absolute Gasteiger partial charge is 0.344 e. The van der Waals surface area contributed by atoms with Crippen LogP contribution in [-0.4, -0.2) is 65.8 Å². The smallest absolute Gasteiger partial charge is 0.214 e. The number of hydrogen-bond acceptors (Lipinski definition) is 8. The van der Waals surface area contributed by atoms with Gasteiger partial charge in [-0.25, -0.2) is 14.5 Å². The van der Waals surface area contributed by atoms with Crippen LogP contribution >= 0.6 is 11.3 Å². The molecule has 0 atom stereocenters. The number of aryl methyl sites for hydroxylation is 1.